The number of hydrogen-bond donors (Lipinski definition) is 1. The van der Waals surface area contributed by atoms with Crippen molar-refractivity contribution in [3.63, 3.8) is 0 Å². The fraction of sp³-hybridized carbons (Fsp3) is 0.500. The maximum absolute atomic E-state index is 13.0. The van der Waals surface area contributed by atoms with E-state index in [2.05, 4.69) is 38.0 Å². The molecule has 1 N–H and O–H groups in total. The Kier molecular flexibility index (Phi) is 8.70. The maximum Gasteiger partial charge on any atom is 0.273 e. The molecule has 0 radical (unpaired) electrons. The van der Waals surface area contributed by atoms with Crippen LogP contribution in [-0.2, 0) is 6.54 Å². The van der Waals surface area contributed by atoms with Crippen LogP contribution in [0.5, 0.6) is 0 Å². The van der Waals surface area contributed by atoms with E-state index < -0.39 is 0 Å². The number of nitrogens with zero attached hydrogens (tertiary/aromatic N) is 2. The van der Waals surface area contributed by atoms with Gasteiger partial charge in [0.25, 0.3) is 11.8 Å². The van der Waals surface area contributed by atoms with E-state index in [1.54, 1.807) is 29.2 Å². The summed E-state index contributed by atoms with van der Waals surface area (Å²) in [7, 11) is 0. The fourth-order valence-corrected chi connectivity index (χ4v) is 2.90. The van der Waals surface area contributed by atoms with Crippen molar-refractivity contribution in [2.45, 2.75) is 47.1 Å². The number of rotatable bonds is 10. The number of aromatic nitrogens is 1. The number of carbonyl (C=O) groups excluding carboxylic acids is 2. The molecule has 0 fully saturated rings. The van der Waals surface area contributed by atoms with Crippen molar-refractivity contribution in [1.29, 1.82) is 0 Å². The molecule has 0 aliphatic heterocycles. The quantitative estimate of drug-likeness (QED) is 0.600. The van der Waals surface area contributed by atoms with Crippen molar-refractivity contribution in [2.24, 2.45) is 11.8 Å². The average Bonchev–Trinajstić information content (AvgIpc) is 3.13. The van der Waals surface area contributed by atoms with E-state index in [1.807, 2.05) is 0 Å². The van der Waals surface area contributed by atoms with Crippen LogP contribution in [0.2, 0.25) is 5.02 Å². The highest BCUT2D eigenvalue weighted by Crippen LogP contribution is 2.19. The third-order valence-electron chi connectivity index (χ3n) is 4.49. The van der Waals surface area contributed by atoms with Gasteiger partial charge in [0, 0.05) is 13.1 Å². The molecule has 0 bridgehead atoms. The molecule has 7 heteroatoms. The number of carbonyl (C=O) groups is 2. The van der Waals surface area contributed by atoms with Crippen LogP contribution in [0.15, 0.2) is 34.9 Å². The summed E-state index contributed by atoms with van der Waals surface area (Å²) in [6.45, 7) is 9.70. The molecule has 158 valence electrons. The van der Waals surface area contributed by atoms with Gasteiger partial charge in [0.1, 0.15) is 6.26 Å². The number of oxazole rings is 1. The Balaban J connectivity index is 2.09. The van der Waals surface area contributed by atoms with Gasteiger partial charge in [0.15, 0.2) is 5.69 Å². The van der Waals surface area contributed by atoms with Gasteiger partial charge in [-0.05, 0) is 36.8 Å². The lowest BCUT2D eigenvalue weighted by Gasteiger charge is -2.22. The second-order valence-electron chi connectivity index (χ2n) is 7.95. The Labute approximate surface area is 177 Å². The summed E-state index contributed by atoms with van der Waals surface area (Å²) >= 11 is 6.21. The van der Waals surface area contributed by atoms with Crippen LogP contribution < -0.4 is 5.32 Å². The molecule has 0 aliphatic carbocycles. The van der Waals surface area contributed by atoms with Crippen LogP contribution in [0.1, 0.15) is 67.3 Å². The van der Waals surface area contributed by atoms with Crippen molar-refractivity contribution in [2.75, 3.05) is 13.1 Å². The summed E-state index contributed by atoms with van der Waals surface area (Å²) in [4.78, 5) is 31.2. The second kappa shape index (κ2) is 11.0. The van der Waals surface area contributed by atoms with Crippen molar-refractivity contribution in [3.05, 3.63) is 52.7 Å². The van der Waals surface area contributed by atoms with Crippen LogP contribution >= 0.6 is 11.6 Å². The Morgan fingerprint density at radius 1 is 1.14 bits per heavy atom. The van der Waals surface area contributed by atoms with Crippen LogP contribution in [0.3, 0.4) is 0 Å². The SMILES string of the molecule is CC(C)CCNC(=O)c1coc(CN(CCC(C)C)C(=O)c2ccccc2Cl)n1. The van der Waals surface area contributed by atoms with Crippen molar-refractivity contribution < 1.29 is 14.0 Å². The molecular formula is C22H30ClN3O3. The molecule has 1 aromatic carbocycles. The standard InChI is InChI=1S/C22H30ClN3O3/c1-15(2)9-11-24-21(27)19-14-29-20(25-19)13-26(12-10-16(3)4)22(28)17-7-5-6-8-18(17)23/h5-8,14-16H,9-13H2,1-4H3,(H,24,27). The van der Waals surface area contributed by atoms with Gasteiger partial charge in [-0.3, -0.25) is 9.59 Å². The highest BCUT2D eigenvalue weighted by atomic mass is 35.5. The number of nitrogens with one attached hydrogen (secondary N) is 1. The zero-order valence-corrected chi connectivity index (χ0v) is 18.3. The first-order valence-electron chi connectivity index (χ1n) is 10.0. The first-order valence-corrected chi connectivity index (χ1v) is 10.4. The summed E-state index contributed by atoms with van der Waals surface area (Å²) in [6.07, 6.45) is 3.06. The minimum Gasteiger partial charge on any atom is -0.446 e. The molecule has 2 aromatic rings. The van der Waals surface area contributed by atoms with Crippen LogP contribution in [0.25, 0.3) is 0 Å². The predicted molar refractivity (Wildman–Crippen MR) is 114 cm³/mol. The number of hydrogen-bond acceptors (Lipinski definition) is 4. The van der Waals surface area contributed by atoms with Gasteiger partial charge >= 0.3 is 0 Å². The van der Waals surface area contributed by atoms with Crippen molar-refractivity contribution in [1.82, 2.24) is 15.2 Å². The average molecular weight is 420 g/mol. The molecule has 0 aliphatic rings. The lowest BCUT2D eigenvalue weighted by atomic mass is 10.1. The number of halogens is 1. The molecule has 2 amide bonds. The van der Waals surface area contributed by atoms with E-state index in [-0.39, 0.29) is 24.1 Å². The fourth-order valence-electron chi connectivity index (χ4n) is 2.69. The molecule has 6 nitrogen and oxygen atoms in total. The van der Waals surface area contributed by atoms with E-state index in [9.17, 15) is 9.59 Å². The molecule has 0 spiro atoms. The van der Waals surface area contributed by atoms with E-state index in [4.69, 9.17) is 16.0 Å². The van der Waals surface area contributed by atoms with E-state index >= 15 is 0 Å². The predicted octanol–water partition coefficient (Wildman–Crippen LogP) is 4.79. The Bertz CT molecular complexity index is 817. The molecule has 29 heavy (non-hydrogen) atoms. The van der Waals surface area contributed by atoms with Crippen molar-refractivity contribution >= 4 is 23.4 Å². The minimum atomic E-state index is -0.271. The number of benzene rings is 1. The van der Waals surface area contributed by atoms with Gasteiger partial charge in [-0.1, -0.05) is 51.4 Å². The molecular weight excluding hydrogens is 390 g/mol. The van der Waals surface area contributed by atoms with Crippen LogP contribution in [-0.4, -0.2) is 34.8 Å². The second-order valence-corrected chi connectivity index (χ2v) is 8.36. The van der Waals surface area contributed by atoms with Gasteiger partial charge in [-0.25, -0.2) is 4.98 Å². The Morgan fingerprint density at radius 2 is 1.83 bits per heavy atom. The molecule has 0 unspecified atom stereocenters. The largest absolute Gasteiger partial charge is 0.446 e. The van der Waals surface area contributed by atoms with Gasteiger partial charge in [0.2, 0.25) is 5.89 Å². The third kappa shape index (κ3) is 7.20. The maximum atomic E-state index is 13.0. The van der Waals surface area contributed by atoms with Crippen LogP contribution in [0, 0.1) is 11.8 Å². The topological polar surface area (TPSA) is 75.4 Å². The molecule has 1 heterocycles. The van der Waals surface area contributed by atoms with Crippen LogP contribution in [0.4, 0.5) is 0 Å². The van der Waals surface area contributed by atoms with Gasteiger partial charge in [-0.15, -0.1) is 0 Å². The van der Waals surface area contributed by atoms with Crippen molar-refractivity contribution in [3.8, 4) is 0 Å². The summed E-state index contributed by atoms with van der Waals surface area (Å²) in [5.41, 5.74) is 0.661. The Morgan fingerprint density at radius 3 is 2.48 bits per heavy atom. The highest BCUT2D eigenvalue weighted by Gasteiger charge is 2.21. The zero-order valence-electron chi connectivity index (χ0n) is 17.6. The van der Waals surface area contributed by atoms with E-state index in [1.165, 1.54) is 6.26 Å². The number of amides is 2. The zero-order chi connectivity index (χ0) is 21.4. The van der Waals surface area contributed by atoms with E-state index in [0.29, 0.717) is 41.4 Å². The smallest absolute Gasteiger partial charge is 0.273 e. The monoisotopic (exact) mass is 419 g/mol. The third-order valence-corrected chi connectivity index (χ3v) is 4.82. The van der Waals surface area contributed by atoms with Gasteiger partial charge in [-0.2, -0.15) is 0 Å². The molecule has 0 saturated carbocycles. The Hall–Kier alpha value is -2.34. The summed E-state index contributed by atoms with van der Waals surface area (Å²) in [5.74, 6) is 0.810. The first-order chi connectivity index (χ1) is 13.8. The lowest BCUT2D eigenvalue weighted by molar-refractivity contribution is 0.0720. The molecule has 2 rings (SSSR count). The van der Waals surface area contributed by atoms with Gasteiger partial charge < -0.3 is 14.6 Å². The minimum absolute atomic E-state index is 0.177. The van der Waals surface area contributed by atoms with Gasteiger partial charge in [0.05, 0.1) is 17.1 Å². The summed E-state index contributed by atoms with van der Waals surface area (Å²) in [5, 5.41) is 3.24. The molecule has 0 atom stereocenters. The first kappa shape index (κ1) is 22.9. The molecule has 1 aromatic heterocycles. The normalized spacial score (nSPS) is 11.1. The highest BCUT2D eigenvalue weighted by molar-refractivity contribution is 6.33. The molecule has 0 saturated heterocycles. The summed E-state index contributed by atoms with van der Waals surface area (Å²) < 4.78 is 5.47. The lowest BCUT2D eigenvalue weighted by Crippen LogP contribution is -2.32. The summed E-state index contributed by atoms with van der Waals surface area (Å²) in [6, 6.07) is 6.97. The van der Waals surface area contributed by atoms with E-state index in [0.717, 1.165) is 12.8 Å².